The summed E-state index contributed by atoms with van der Waals surface area (Å²) in [5.74, 6) is -0.234. The number of rotatable bonds is 9. The van der Waals surface area contributed by atoms with Gasteiger partial charge in [0.15, 0.2) is 6.61 Å². The molecule has 7 heteroatoms. The number of carbonyl (C=O) groups excluding carboxylic acids is 2. The van der Waals surface area contributed by atoms with E-state index in [4.69, 9.17) is 15.2 Å². The number of carbonyl (C=O) groups is 2. The lowest BCUT2D eigenvalue weighted by Crippen LogP contribution is -2.28. The lowest BCUT2D eigenvalue weighted by molar-refractivity contribution is -0.147. The summed E-state index contributed by atoms with van der Waals surface area (Å²) >= 11 is 0. The van der Waals surface area contributed by atoms with Crippen LogP contribution in [0.25, 0.3) is 0 Å². The third-order valence-electron chi connectivity index (χ3n) is 4.68. The lowest BCUT2D eigenvalue weighted by Gasteiger charge is -2.15. The van der Waals surface area contributed by atoms with Crippen molar-refractivity contribution in [1.82, 2.24) is 10.3 Å². The van der Waals surface area contributed by atoms with Gasteiger partial charge in [0, 0.05) is 18.3 Å². The van der Waals surface area contributed by atoms with Crippen LogP contribution in [0.15, 0.2) is 66.9 Å². The van der Waals surface area contributed by atoms with Crippen LogP contribution in [0.2, 0.25) is 0 Å². The van der Waals surface area contributed by atoms with Crippen LogP contribution in [0.1, 0.15) is 27.0 Å². The zero-order chi connectivity index (χ0) is 22.1. The summed E-state index contributed by atoms with van der Waals surface area (Å²) in [7, 11) is 0. The Balaban J connectivity index is 1.60. The van der Waals surface area contributed by atoms with Gasteiger partial charge in [0.05, 0.1) is 5.56 Å². The molecule has 0 aliphatic heterocycles. The third kappa shape index (κ3) is 6.30. The molecular weight excluding hydrogens is 394 g/mol. The molecule has 0 spiro atoms. The fourth-order valence-electron chi connectivity index (χ4n) is 3.01. The summed E-state index contributed by atoms with van der Waals surface area (Å²) in [6, 6.07) is 18.8. The third-order valence-corrected chi connectivity index (χ3v) is 4.68. The van der Waals surface area contributed by atoms with Gasteiger partial charge in [-0.3, -0.25) is 4.79 Å². The molecule has 3 aromatic rings. The van der Waals surface area contributed by atoms with E-state index in [-0.39, 0.29) is 30.5 Å². The molecule has 7 nitrogen and oxygen atoms in total. The van der Waals surface area contributed by atoms with Crippen molar-refractivity contribution >= 4 is 17.7 Å². The maximum atomic E-state index is 12.8. The molecule has 3 N–H and O–H groups in total. The molecule has 1 amide bonds. The zero-order valence-corrected chi connectivity index (χ0v) is 17.3. The first-order valence-electron chi connectivity index (χ1n) is 9.94. The number of nitrogen functional groups attached to an aromatic ring is 1. The number of nitrogens with zero attached hydrogens (tertiary/aromatic N) is 1. The second kappa shape index (κ2) is 10.8. The van der Waals surface area contributed by atoms with Crippen LogP contribution in [0.5, 0.6) is 5.75 Å². The number of nitrogens with one attached hydrogen (secondary N) is 1. The van der Waals surface area contributed by atoms with Crippen molar-refractivity contribution in [3.63, 3.8) is 0 Å². The van der Waals surface area contributed by atoms with Crippen molar-refractivity contribution in [1.29, 1.82) is 0 Å². The molecule has 0 bridgehead atoms. The zero-order valence-electron chi connectivity index (χ0n) is 17.3. The maximum Gasteiger partial charge on any atom is 0.344 e. The molecule has 0 aliphatic rings. The van der Waals surface area contributed by atoms with Gasteiger partial charge in [-0.25, -0.2) is 9.78 Å². The summed E-state index contributed by atoms with van der Waals surface area (Å²) in [6.45, 7) is 1.90. The van der Waals surface area contributed by atoms with Crippen molar-refractivity contribution in [2.24, 2.45) is 0 Å². The Hall–Kier alpha value is -3.87. The van der Waals surface area contributed by atoms with E-state index in [0.717, 1.165) is 5.56 Å². The van der Waals surface area contributed by atoms with Gasteiger partial charge in [0.25, 0.3) is 5.91 Å². The Morgan fingerprint density at radius 1 is 1.03 bits per heavy atom. The molecule has 0 saturated carbocycles. The van der Waals surface area contributed by atoms with E-state index in [9.17, 15) is 9.59 Å². The molecule has 1 aromatic heterocycles. The number of benzene rings is 2. The second-order valence-corrected chi connectivity index (χ2v) is 6.93. The minimum atomic E-state index is -0.547. The number of amides is 1. The number of para-hydroxylation sites is 1. The quantitative estimate of drug-likeness (QED) is 0.517. The Labute approximate surface area is 181 Å². The molecule has 0 radical (unpaired) electrons. The SMILES string of the molecule is Cc1cnc(N)c(C(=O)NCCc2ccccc2)c1COC(=O)COc1ccccc1. The van der Waals surface area contributed by atoms with Crippen LogP contribution in [0.3, 0.4) is 0 Å². The van der Waals surface area contributed by atoms with E-state index in [0.29, 0.717) is 29.8 Å². The predicted molar refractivity (Wildman–Crippen MR) is 118 cm³/mol. The van der Waals surface area contributed by atoms with Gasteiger partial charge in [-0.15, -0.1) is 0 Å². The fourth-order valence-corrected chi connectivity index (χ4v) is 3.01. The maximum absolute atomic E-state index is 12.8. The van der Waals surface area contributed by atoms with Crippen molar-refractivity contribution in [2.45, 2.75) is 20.0 Å². The van der Waals surface area contributed by atoms with Crippen molar-refractivity contribution in [3.8, 4) is 5.75 Å². The summed E-state index contributed by atoms with van der Waals surface area (Å²) in [5, 5.41) is 2.87. The number of hydrogen-bond donors (Lipinski definition) is 2. The molecule has 0 atom stereocenters. The van der Waals surface area contributed by atoms with Crippen molar-refractivity contribution < 1.29 is 19.1 Å². The highest BCUT2D eigenvalue weighted by molar-refractivity contribution is 6.00. The number of nitrogens with two attached hydrogens (primary N) is 1. The average Bonchev–Trinajstić information content (AvgIpc) is 2.79. The number of anilines is 1. The minimum absolute atomic E-state index is 0.0920. The van der Waals surface area contributed by atoms with E-state index in [2.05, 4.69) is 10.3 Å². The van der Waals surface area contributed by atoms with E-state index in [1.54, 1.807) is 25.3 Å². The fraction of sp³-hybridized carbons (Fsp3) is 0.208. The predicted octanol–water partition coefficient (Wildman–Crippen LogP) is 3.07. The number of pyridine rings is 1. The smallest absolute Gasteiger partial charge is 0.344 e. The van der Waals surface area contributed by atoms with Crippen LogP contribution >= 0.6 is 0 Å². The van der Waals surface area contributed by atoms with Crippen LogP contribution in [-0.4, -0.2) is 30.0 Å². The highest BCUT2D eigenvalue weighted by atomic mass is 16.6. The Bertz CT molecular complexity index is 1020. The van der Waals surface area contributed by atoms with Gasteiger partial charge in [-0.05, 0) is 36.6 Å². The molecule has 0 saturated heterocycles. The molecule has 0 unspecified atom stereocenters. The summed E-state index contributed by atoms with van der Waals surface area (Å²) < 4.78 is 10.7. The minimum Gasteiger partial charge on any atom is -0.482 e. The normalized spacial score (nSPS) is 10.4. The van der Waals surface area contributed by atoms with Gasteiger partial charge in [-0.2, -0.15) is 0 Å². The molecule has 31 heavy (non-hydrogen) atoms. The monoisotopic (exact) mass is 419 g/mol. The first kappa shape index (κ1) is 21.8. The highest BCUT2D eigenvalue weighted by Gasteiger charge is 2.19. The molecular formula is C24H25N3O4. The second-order valence-electron chi connectivity index (χ2n) is 6.93. The van der Waals surface area contributed by atoms with Crippen molar-refractivity contribution in [2.75, 3.05) is 18.9 Å². The number of ether oxygens (including phenoxy) is 2. The van der Waals surface area contributed by atoms with Gasteiger partial charge < -0.3 is 20.5 Å². The number of hydrogen-bond acceptors (Lipinski definition) is 6. The molecule has 160 valence electrons. The molecule has 1 heterocycles. The van der Waals surface area contributed by atoms with E-state index in [1.165, 1.54) is 0 Å². The van der Waals surface area contributed by atoms with Gasteiger partial charge in [0.2, 0.25) is 0 Å². The standard InChI is InChI=1S/C24H25N3O4/c1-17-14-27-23(25)22(24(29)26-13-12-18-8-4-2-5-9-18)20(17)15-31-21(28)16-30-19-10-6-3-7-11-19/h2-11,14H,12-13,15-16H2,1H3,(H2,25,27)(H,26,29). The Kier molecular flexibility index (Phi) is 7.59. The Morgan fingerprint density at radius 2 is 1.71 bits per heavy atom. The first-order valence-corrected chi connectivity index (χ1v) is 9.94. The van der Waals surface area contributed by atoms with Crippen LogP contribution < -0.4 is 15.8 Å². The average molecular weight is 419 g/mol. The molecule has 3 rings (SSSR count). The highest BCUT2D eigenvalue weighted by Crippen LogP contribution is 2.20. The van der Waals surface area contributed by atoms with Crippen LogP contribution in [0.4, 0.5) is 5.82 Å². The number of esters is 1. The molecule has 2 aromatic carbocycles. The number of aryl methyl sites for hydroxylation is 1. The topological polar surface area (TPSA) is 104 Å². The molecule has 0 aliphatic carbocycles. The summed E-state index contributed by atoms with van der Waals surface area (Å²) in [6.07, 6.45) is 2.24. The lowest BCUT2D eigenvalue weighted by atomic mass is 10.0. The molecule has 0 fully saturated rings. The van der Waals surface area contributed by atoms with Gasteiger partial charge >= 0.3 is 5.97 Å². The van der Waals surface area contributed by atoms with Crippen LogP contribution in [-0.2, 0) is 22.6 Å². The van der Waals surface area contributed by atoms with Crippen molar-refractivity contribution in [3.05, 3.63) is 89.1 Å². The van der Waals surface area contributed by atoms with E-state index in [1.807, 2.05) is 48.5 Å². The summed E-state index contributed by atoms with van der Waals surface area (Å²) in [5.41, 5.74) is 8.55. The Morgan fingerprint density at radius 3 is 2.42 bits per heavy atom. The van der Waals surface area contributed by atoms with E-state index < -0.39 is 5.97 Å². The summed E-state index contributed by atoms with van der Waals surface area (Å²) in [4.78, 5) is 29.0. The van der Waals surface area contributed by atoms with Crippen LogP contribution in [0, 0.1) is 6.92 Å². The largest absolute Gasteiger partial charge is 0.482 e. The number of aromatic nitrogens is 1. The van der Waals surface area contributed by atoms with Gasteiger partial charge in [0.1, 0.15) is 18.2 Å². The van der Waals surface area contributed by atoms with E-state index >= 15 is 0 Å². The van der Waals surface area contributed by atoms with Gasteiger partial charge in [-0.1, -0.05) is 48.5 Å². The first-order chi connectivity index (χ1) is 15.0.